The topological polar surface area (TPSA) is 25.8 Å². The van der Waals surface area contributed by atoms with E-state index in [1.54, 1.807) is 11.8 Å². The van der Waals surface area contributed by atoms with E-state index < -0.39 is 0 Å². The Bertz CT molecular complexity index is 1020. The van der Waals surface area contributed by atoms with Crippen molar-refractivity contribution in [1.29, 1.82) is 0 Å². The number of aromatic nitrogens is 2. The molecule has 0 atom stereocenters. The fourth-order valence-corrected chi connectivity index (χ4v) is 3.65. The molecule has 0 unspecified atom stereocenters. The third-order valence-corrected chi connectivity index (χ3v) is 5.19. The molecule has 0 amide bonds. The highest BCUT2D eigenvalue weighted by Gasteiger charge is 2.04. The zero-order valence-electron chi connectivity index (χ0n) is 13.4. The number of hydrogen-bond acceptors (Lipinski definition) is 3. The van der Waals surface area contributed by atoms with E-state index in [0.29, 0.717) is 0 Å². The van der Waals surface area contributed by atoms with Crippen molar-refractivity contribution in [2.45, 2.75) is 10.8 Å². The predicted octanol–water partition coefficient (Wildman–Crippen LogP) is 6.24. The largest absolute Gasteiger partial charge is 0.149 e. The molecule has 1 aromatic heterocycles. The number of fused-ring (bicyclic) bond motifs is 1. The van der Waals surface area contributed by atoms with E-state index in [2.05, 4.69) is 46.6 Å². The van der Waals surface area contributed by atoms with Gasteiger partial charge in [-0.05, 0) is 46.7 Å². The van der Waals surface area contributed by atoms with E-state index >= 15 is 0 Å². The molecule has 0 aliphatic rings. The third kappa shape index (κ3) is 3.84. The summed E-state index contributed by atoms with van der Waals surface area (Å²) in [5, 5.41) is 12.8. The molecule has 1 heterocycles. The van der Waals surface area contributed by atoms with Crippen LogP contribution in [0.2, 0.25) is 5.02 Å². The Morgan fingerprint density at radius 1 is 0.760 bits per heavy atom. The number of rotatable bonds is 4. The van der Waals surface area contributed by atoms with Gasteiger partial charge in [0.25, 0.3) is 0 Å². The van der Waals surface area contributed by atoms with Crippen LogP contribution in [-0.4, -0.2) is 10.2 Å². The molecule has 0 fully saturated rings. The lowest BCUT2D eigenvalue weighted by atomic mass is 10.1. The summed E-state index contributed by atoms with van der Waals surface area (Å²) in [5.41, 5.74) is 3.15. The summed E-state index contributed by atoms with van der Waals surface area (Å²) in [7, 11) is 0. The van der Waals surface area contributed by atoms with Gasteiger partial charge in [0.15, 0.2) is 0 Å². The van der Waals surface area contributed by atoms with Crippen LogP contribution in [-0.2, 0) is 5.75 Å². The van der Waals surface area contributed by atoms with Gasteiger partial charge in [0, 0.05) is 16.3 Å². The zero-order valence-corrected chi connectivity index (χ0v) is 15.0. The Morgan fingerprint density at radius 2 is 1.64 bits per heavy atom. The lowest BCUT2D eigenvalue weighted by Crippen LogP contribution is -1.90. The first-order chi connectivity index (χ1) is 12.3. The average molecular weight is 363 g/mol. The SMILES string of the molecule is Clc1cccc(CSc2ccc(-c3ccc4ccccc4c3)nn2)c1. The second-order valence-corrected chi connectivity index (χ2v) is 7.17. The third-order valence-electron chi connectivity index (χ3n) is 3.96. The first kappa shape index (κ1) is 16.1. The highest BCUT2D eigenvalue weighted by molar-refractivity contribution is 7.98. The van der Waals surface area contributed by atoms with Crippen molar-refractivity contribution < 1.29 is 0 Å². The minimum Gasteiger partial charge on any atom is -0.149 e. The van der Waals surface area contributed by atoms with Crippen LogP contribution in [0.3, 0.4) is 0 Å². The minimum absolute atomic E-state index is 0.760. The standard InChI is InChI=1S/C21H15ClN2S/c22-19-7-3-4-15(12-19)14-25-21-11-10-20(23-24-21)18-9-8-16-5-1-2-6-17(16)13-18/h1-13H,14H2. The second kappa shape index (κ2) is 7.26. The monoisotopic (exact) mass is 362 g/mol. The molecular weight excluding hydrogens is 348 g/mol. The Labute approximate surface area is 155 Å². The molecule has 0 saturated carbocycles. The number of hydrogen-bond donors (Lipinski definition) is 0. The first-order valence-corrected chi connectivity index (χ1v) is 9.34. The fourth-order valence-electron chi connectivity index (χ4n) is 2.68. The maximum absolute atomic E-state index is 6.02. The molecule has 0 spiro atoms. The van der Waals surface area contributed by atoms with Crippen LogP contribution in [0.1, 0.15) is 5.56 Å². The molecule has 0 aliphatic heterocycles. The second-order valence-electron chi connectivity index (χ2n) is 5.74. The molecule has 4 rings (SSSR count). The van der Waals surface area contributed by atoms with Crippen molar-refractivity contribution in [3.05, 3.63) is 89.4 Å². The maximum atomic E-state index is 6.02. The summed E-state index contributed by atoms with van der Waals surface area (Å²) in [6, 6.07) is 26.6. The molecule has 0 radical (unpaired) electrons. The van der Waals surface area contributed by atoms with Gasteiger partial charge >= 0.3 is 0 Å². The van der Waals surface area contributed by atoms with Crippen LogP contribution in [0.25, 0.3) is 22.0 Å². The minimum atomic E-state index is 0.760. The zero-order chi connectivity index (χ0) is 17.1. The summed E-state index contributed by atoms with van der Waals surface area (Å²) in [6.45, 7) is 0. The summed E-state index contributed by atoms with van der Waals surface area (Å²) in [5.74, 6) is 0.824. The van der Waals surface area contributed by atoms with E-state index in [9.17, 15) is 0 Å². The highest BCUT2D eigenvalue weighted by atomic mass is 35.5. The fraction of sp³-hybridized carbons (Fsp3) is 0.0476. The van der Waals surface area contributed by atoms with Crippen LogP contribution in [0.5, 0.6) is 0 Å². The normalized spacial score (nSPS) is 10.9. The van der Waals surface area contributed by atoms with Crippen molar-refractivity contribution in [3.63, 3.8) is 0 Å². The lowest BCUT2D eigenvalue weighted by Gasteiger charge is -2.05. The van der Waals surface area contributed by atoms with Crippen LogP contribution in [0.4, 0.5) is 0 Å². The van der Waals surface area contributed by atoms with Crippen molar-refractivity contribution in [3.8, 4) is 11.3 Å². The molecule has 2 nitrogen and oxygen atoms in total. The Hall–Kier alpha value is -2.36. The van der Waals surface area contributed by atoms with Gasteiger partial charge in [-0.2, -0.15) is 0 Å². The van der Waals surface area contributed by atoms with E-state index in [0.717, 1.165) is 27.1 Å². The van der Waals surface area contributed by atoms with Crippen molar-refractivity contribution in [1.82, 2.24) is 10.2 Å². The van der Waals surface area contributed by atoms with Crippen LogP contribution in [0.15, 0.2) is 83.9 Å². The van der Waals surface area contributed by atoms with E-state index in [1.807, 2.05) is 42.5 Å². The molecule has 0 N–H and O–H groups in total. The molecule has 4 heteroatoms. The molecule has 3 aromatic carbocycles. The van der Waals surface area contributed by atoms with E-state index in [4.69, 9.17) is 11.6 Å². The first-order valence-electron chi connectivity index (χ1n) is 7.98. The number of benzene rings is 3. The Kier molecular flexibility index (Phi) is 4.68. The smallest absolute Gasteiger partial charge is 0.119 e. The lowest BCUT2D eigenvalue weighted by molar-refractivity contribution is 0.935. The van der Waals surface area contributed by atoms with Crippen molar-refractivity contribution >= 4 is 34.1 Å². The molecule has 122 valence electrons. The number of thioether (sulfide) groups is 1. The average Bonchev–Trinajstić information content (AvgIpc) is 2.66. The van der Waals surface area contributed by atoms with Gasteiger partial charge < -0.3 is 0 Å². The molecule has 0 aliphatic carbocycles. The molecule has 0 bridgehead atoms. The summed E-state index contributed by atoms with van der Waals surface area (Å²) >= 11 is 7.68. The molecule has 0 saturated heterocycles. The predicted molar refractivity (Wildman–Crippen MR) is 106 cm³/mol. The molecule has 4 aromatic rings. The summed E-state index contributed by atoms with van der Waals surface area (Å²) in [6.07, 6.45) is 0. The maximum Gasteiger partial charge on any atom is 0.119 e. The van der Waals surface area contributed by atoms with Crippen molar-refractivity contribution in [2.75, 3.05) is 0 Å². The van der Waals surface area contributed by atoms with Crippen LogP contribution < -0.4 is 0 Å². The molecular formula is C21H15ClN2S. The van der Waals surface area contributed by atoms with Crippen molar-refractivity contribution in [2.24, 2.45) is 0 Å². The number of halogens is 1. The van der Waals surface area contributed by atoms with Gasteiger partial charge in [-0.1, -0.05) is 71.9 Å². The van der Waals surface area contributed by atoms with Gasteiger partial charge in [-0.25, -0.2) is 0 Å². The Balaban J connectivity index is 1.50. The summed E-state index contributed by atoms with van der Waals surface area (Å²) < 4.78 is 0. The van der Waals surface area contributed by atoms with Gasteiger partial charge in [0.1, 0.15) is 5.03 Å². The van der Waals surface area contributed by atoms with Gasteiger partial charge in [0.2, 0.25) is 0 Å². The molecule has 25 heavy (non-hydrogen) atoms. The van der Waals surface area contributed by atoms with E-state index in [1.165, 1.54) is 16.3 Å². The van der Waals surface area contributed by atoms with Crippen LogP contribution in [0, 0.1) is 0 Å². The van der Waals surface area contributed by atoms with Gasteiger partial charge in [-0.15, -0.1) is 10.2 Å². The quantitative estimate of drug-likeness (QED) is 0.402. The van der Waals surface area contributed by atoms with Gasteiger partial charge in [0.05, 0.1) is 5.69 Å². The highest BCUT2D eigenvalue weighted by Crippen LogP contribution is 2.25. The summed E-state index contributed by atoms with van der Waals surface area (Å²) in [4.78, 5) is 0. The van der Waals surface area contributed by atoms with E-state index in [-0.39, 0.29) is 0 Å². The van der Waals surface area contributed by atoms with Crippen LogP contribution >= 0.6 is 23.4 Å². The number of nitrogens with zero attached hydrogens (tertiary/aromatic N) is 2. The Morgan fingerprint density at radius 3 is 2.44 bits per heavy atom. The van der Waals surface area contributed by atoms with Gasteiger partial charge in [-0.3, -0.25) is 0 Å².